The van der Waals surface area contributed by atoms with Crippen molar-refractivity contribution in [2.24, 2.45) is 17.5 Å². The Morgan fingerprint density at radius 1 is 1.13 bits per heavy atom. The Balaban J connectivity index is 2.10. The fraction of sp³-hybridized carbons (Fsp3) is 0.391. The fourth-order valence-corrected chi connectivity index (χ4v) is 3.52. The summed E-state index contributed by atoms with van der Waals surface area (Å²) in [4.78, 5) is 24.0. The van der Waals surface area contributed by atoms with Gasteiger partial charge in [-0.05, 0) is 35.6 Å². The van der Waals surface area contributed by atoms with Crippen LogP contribution in [0.4, 0.5) is 0 Å². The predicted molar refractivity (Wildman–Crippen MR) is 121 cm³/mol. The number of rotatable bonds is 11. The molecule has 7 N–H and O–H groups in total. The van der Waals surface area contributed by atoms with Crippen LogP contribution in [0.3, 0.4) is 0 Å². The summed E-state index contributed by atoms with van der Waals surface area (Å²) in [5, 5.41) is 15.3. The molecule has 1 unspecified atom stereocenters. The minimum Gasteiger partial charge on any atom is -0.399 e. The van der Waals surface area contributed by atoms with Crippen LogP contribution in [0.1, 0.15) is 38.7 Å². The molecule has 2 amide bonds. The van der Waals surface area contributed by atoms with Crippen molar-refractivity contribution in [3.8, 4) is 0 Å². The molecule has 1 atom stereocenters. The molecular weight excluding hydrogens is 394 g/mol. The maximum atomic E-state index is 12.1. The molecule has 0 radical (unpaired) electrons. The number of nitrogens with zero attached hydrogens (tertiary/aromatic N) is 1. The van der Waals surface area contributed by atoms with Crippen molar-refractivity contribution < 1.29 is 14.8 Å². The van der Waals surface area contributed by atoms with E-state index >= 15 is 0 Å². The average molecular weight is 428 g/mol. The number of benzene rings is 2. The van der Waals surface area contributed by atoms with E-state index in [1.807, 2.05) is 50.2 Å². The van der Waals surface area contributed by atoms with Gasteiger partial charge in [0, 0.05) is 17.8 Å². The molecule has 0 saturated heterocycles. The molecule has 2 rings (SSSR count). The van der Waals surface area contributed by atoms with E-state index in [-0.39, 0.29) is 24.8 Å². The molecule has 0 aliphatic rings. The quantitative estimate of drug-likeness (QED) is 0.212. The minimum absolute atomic E-state index is 0.0241. The van der Waals surface area contributed by atoms with Crippen LogP contribution in [0.5, 0.6) is 0 Å². The van der Waals surface area contributed by atoms with Crippen LogP contribution < -0.4 is 22.4 Å². The first kappa shape index (κ1) is 24.2. The molecule has 0 spiro atoms. The molecule has 0 aliphatic carbocycles. The topological polar surface area (TPSA) is 134 Å². The fourth-order valence-electron chi connectivity index (χ4n) is 3.52. The van der Waals surface area contributed by atoms with Crippen molar-refractivity contribution in [3.05, 3.63) is 59.9 Å². The molecule has 0 bridgehead atoms. The summed E-state index contributed by atoms with van der Waals surface area (Å²) in [6.45, 7) is 4.11. The highest BCUT2D eigenvalue weighted by Gasteiger charge is 2.19. The number of hydrogen-bond acceptors (Lipinski definition) is 6. The minimum atomic E-state index is -0.546. The Kier molecular flexibility index (Phi) is 9.30. The highest BCUT2D eigenvalue weighted by molar-refractivity contribution is 5.83. The lowest BCUT2D eigenvalue weighted by Crippen LogP contribution is -2.43. The summed E-state index contributed by atoms with van der Waals surface area (Å²) in [6, 6.07) is 13.6. The van der Waals surface area contributed by atoms with E-state index in [0.29, 0.717) is 12.1 Å². The van der Waals surface area contributed by atoms with Crippen LogP contribution in [-0.4, -0.2) is 34.6 Å². The molecule has 0 fully saturated rings. The van der Waals surface area contributed by atoms with Gasteiger partial charge in [0.2, 0.25) is 11.8 Å². The van der Waals surface area contributed by atoms with E-state index in [2.05, 4.69) is 11.4 Å². The van der Waals surface area contributed by atoms with Gasteiger partial charge >= 0.3 is 0 Å². The molecule has 0 heterocycles. The number of hydrogen-bond donors (Lipinski definition) is 5. The van der Waals surface area contributed by atoms with Crippen molar-refractivity contribution in [2.75, 3.05) is 6.54 Å². The summed E-state index contributed by atoms with van der Waals surface area (Å²) >= 11 is 0. The van der Waals surface area contributed by atoms with Crippen LogP contribution in [-0.2, 0) is 16.0 Å². The summed E-state index contributed by atoms with van der Waals surface area (Å²) in [5.41, 5.74) is 9.07. The van der Waals surface area contributed by atoms with Crippen LogP contribution in [0.2, 0.25) is 0 Å². The molecule has 0 saturated carbocycles. The number of carbonyl (C=O) groups excluding carboxylic acids is 2. The van der Waals surface area contributed by atoms with E-state index in [1.54, 1.807) is 5.48 Å². The summed E-state index contributed by atoms with van der Waals surface area (Å²) in [5.74, 6) is 5.57. The zero-order chi connectivity index (χ0) is 22.8. The Bertz CT molecular complexity index is 911. The van der Waals surface area contributed by atoms with E-state index in [4.69, 9.17) is 16.8 Å². The first-order valence-corrected chi connectivity index (χ1v) is 10.5. The van der Waals surface area contributed by atoms with Crippen molar-refractivity contribution in [1.82, 2.24) is 15.8 Å². The van der Waals surface area contributed by atoms with Gasteiger partial charge in [-0.15, -0.1) is 0 Å². The lowest BCUT2D eigenvalue weighted by Gasteiger charge is -2.26. The lowest BCUT2D eigenvalue weighted by molar-refractivity contribution is -0.130. The van der Waals surface area contributed by atoms with Gasteiger partial charge in [-0.2, -0.15) is 0 Å². The molecule has 168 valence electrons. The van der Waals surface area contributed by atoms with Crippen molar-refractivity contribution in [1.29, 1.82) is 0 Å². The molecule has 2 aromatic rings. The highest BCUT2D eigenvalue weighted by atomic mass is 16.5. The number of nitrogens with two attached hydrogens (primary N) is 2. The molecule has 8 nitrogen and oxygen atoms in total. The van der Waals surface area contributed by atoms with Gasteiger partial charge in [0.05, 0.1) is 19.0 Å². The second-order valence-electron chi connectivity index (χ2n) is 7.66. The maximum Gasteiger partial charge on any atom is 0.245 e. The highest BCUT2D eigenvalue weighted by Crippen LogP contribution is 2.18. The SMILES string of the molecule is CCC(CC)C(=O)NC/C(N)=C/N(N)C(CC(=O)NO)Cc1ccc2ccccc2c1. The first-order valence-electron chi connectivity index (χ1n) is 10.5. The second-order valence-corrected chi connectivity index (χ2v) is 7.66. The van der Waals surface area contributed by atoms with E-state index in [1.165, 1.54) is 11.2 Å². The largest absolute Gasteiger partial charge is 0.399 e. The maximum absolute atomic E-state index is 12.1. The Morgan fingerprint density at radius 3 is 2.45 bits per heavy atom. The number of nitrogens with one attached hydrogen (secondary N) is 2. The number of carbonyl (C=O) groups is 2. The van der Waals surface area contributed by atoms with Gasteiger partial charge in [-0.25, -0.2) is 11.3 Å². The van der Waals surface area contributed by atoms with Crippen molar-refractivity contribution in [3.63, 3.8) is 0 Å². The van der Waals surface area contributed by atoms with Crippen molar-refractivity contribution >= 4 is 22.6 Å². The number of hydrazine groups is 1. The number of hydroxylamine groups is 1. The Morgan fingerprint density at radius 2 is 1.81 bits per heavy atom. The van der Waals surface area contributed by atoms with Gasteiger partial charge in [0.25, 0.3) is 0 Å². The molecule has 31 heavy (non-hydrogen) atoms. The summed E-state index contributed by atoms with van der Waals surface area (Å²) in [6.07, 6.45) is 3.49. The van der Waals surface area contributed by atoms with Crippen molar-refractivity contribution in [2.45, 2.75) is 45.6 Å². The van der Waals surface area contributed by atoms with E-state index in [0.717, 1.165) is 29.2 Å². The van der Waals surface area contributed by atoms with Gasteiger partial charge in [-0.1, -0.05) is 56.3 Å². The third-order valence-electron chi connectivity index (χ3n) is 5.39. The lowest BCUT2D eigenvalue weighted by atomic mass is 9.99. The Labute approximate surface area is 183 Å². The number of fused-ring (bicyclic) bond motifs is 1. The van der Waals surface area contributed by atoms with Gasteiger partial charge in [0.15, 0.2) is 0 Å². The van der Waals surface area contributed by atoms with Crippen LogP contribution in [0.15, 0.2) is 54.4 Å². The average Bonchev–Trinajstić information content (AvgIpc) is 2.77. The number of amides is 2. The zero-order valence-electron chi connectivity index (χ0n) is 18.2. The molecule has 8 heteroatoms. The third kappa shape index (κ3) is 7.27. The second kappa shape index (κ2) is 11.9. The Hall–Kier alpha value is -3.10. The molecule has 0 aromatic heterocycles. The summed E-state index contributed by atoms with van der Waals surface area (Å²) < 4.78 is 0. The van der Waals surface area contributed by atoms with Crippen LogP contribution in [0, 0.1) is 5.92 Å². The first-order chi connectivity index (χ1) is 14.9. The molecular formula is C23H33N5O3. The van der Waals surface area contributed by atoms with Gasteiger partial charge in [-0.3, -0.25) is 14.8 Å². The standard InChI is InChI=1S/C23H33N5O3/c1-3-17(4-2)23(30)26-14-20(24)15-28(25)21(13-22(29)27-31)12-16-9-10-18-7-5-6-8-19(18)11-16/h5-11,15,17,21,31H,3-4,12-14,24-25H2,1-2H3,(H,26,30)(H,27,29)/b20-15-. The normalized spacial score (nSPS) is 12.6. The molecule has 2 aromatic carbocycles. The van der Waals surface area contributed by atoms with Crippen LogP contribution >= 0.6 is 0 Å². The van der Waals surface area contributed by atoms with Gasteiger partial charge in [0.1, 0.15) is 0 Å². The zero-order valence-corrected chi connectivity index (χ0v) is 18.2. The van der Waals surface area contributed by atoms with Gasteiger partial charge < -0.3 is 16.1 Å². The summed E-state index contributed by atoms with van der Waals surface area (Å²) in [7, 11) is 0. The predicted octanol–water partition coefficient (Wildman–Crippen LogP) is 2.17. The van der Waals surface area contributed by atoms with Crippen LogP contribution in [0.25, 0.3) is 10.8 Å². The monoisotopic (exact) mass is 427 g/mol. The smallest absolute Gasteiger partial charge is 0.245 e. The van der Waals surface area contributed by atoms with E-state index < -0.39 is 11.9 Å². The molecule has 0 aliphatic heterocycles. The van der Waals surface area contributed by atoms with E-state index in [9.17, 15) is 9.59 Å². The third-order valence-corrected chi connectivity index (χ3v) is 5.39.